The van der Waals surface area contributed by atoms with Crippen LogP contribution in [0.4, 0.5) is 0 Å². The van der Waals surface area contributed by atoms with Gasteiger partial charge in [-0.05, 0) is 18.9 Å². The molecule has 0 spiro atoms. The number of carbonyl (C=O) groups is 1. The van der Waals surface area contributed by atoms with E-state index in [1.165, 1.54) is 0 Å². The van der Waals surface area contributed by atoms with Gasteiger partial charge in [-0.25, -0.2) is 0 Å². The topological polar surface area (TPSA) is 83.5 Å². The van der Waals surface area contributed by atoms with Crippen LogP contribution in [0.25, 0.3) is 0 Å². The number of carboxylic acid groups (broad SMARTS) is 1. The third-order valence-corrected chi connectivity index (χ3v) is 2.23. The monoisotopic (exact) mass is 230 g/mol. The Morgan fingerprint density at radius 1 is 1.50 bits per heavy atom. The second-order valence-electron chi connectivity index (χ2n) is 2.40. The van der Waals surface area contributed by atoms with Crippen LogP contribution in [-0.2, 0) is 19.1 Å². The van der Waals surface area contributed by atoms with Gasteiger partial charge in [0.15, 0.2) is 0 Å². The molecule has 0 unspecified atom stereocenters. The third-order valence-electron chi connectivity index (χ3n) is 1.09. The molecule has 0 radical (unpaired) electrons. The Labute approximate surface area is 106 Å². The summed E-state index contributed by atoms with van der Waals surface area (Å²) in [6, 6.07) is 0. The van der Waals surface area contributed by atoms with E-state index in [0.717, 1.165) is 6.92 Å². The van der Waals surface area contributed by atoms with Crippen LogP contribution < -0.4 is 34.7 Å². The van der Waals surface area contributed by atoms with Crippen LogP contribution in [0.3, 0.4) is 0 Å². The minimum Gasteiger partial charge on any atom is -0.545 e. The first-order chi connectivity index (χ1) is 5.89. The summed E-state index contributed by atoms with van der Waals surface area (Å²) in [4.78, 5) is 10.2. The Bertz CT molecular complexity index is 306. The van der Waals surface area contributed by atoms with Gasteiger partial charge < -0.3 is 9.90 Å². The van der Waals surface area contributed by atoms with E-state index < -0.39 is 16.1 Å². The Hall–Kier alpha value is 0.120. The largest absolute Gasteiger partial charge is 1.00 e. The van der Waals surface area contributed by atoms with Gasteiger partial charge in [-0.15, -0.1) is 0 Å². The minimum atomic E-state index is -3.87. The number of carbonyl (C=O) groups excluding carboxylic acids is 1. The summed E-state index contributed by atoms with van der Waals surface area (Å²) in [5.74, 6) is -1.52. The van der Waals surface area contributed by atoms with Gasteiger partial charge >= 0.3 is 29.6 Å². The molecule has 76 valence electrons. The number of carboxylic acids is 1. The van der Waals surface area contributed by atoms with E-state index >= 15 is 0 Å². The molecule has 0 saturated carbocycles. The molecule has 0 heterocycles. The van der Waals surface area contributed by atoms with E-state index in [2.05, 4.69) is 4.18 Å². The normalized spacial score (nSPS) is 12.0. The second-order valence-corrected chi connectivity index (χ2v) is 3.86. The molecule has 0 aromatic heterocycles. The van der Waals surface area contributed by atoms with E-state index in [4.69, 9.17) is 0 Å². The fourth-order valence-electron chi connectivity index (χ4n) is 0.498. The maximum Gasteiger partial charge on any atom is 1.00 e. The molecule has 0 bridgehead atoms. The first-order valence-corrected chi connectivity index (χ1v) is 5.15. The van der Waals surface area contributed by atoms with E-state index in [1.807, 2.05) is 0 Å². The van der Waals surface area contributed by atoms with Crippen molar-refractivity contribution >= 4 is 16.1 Å². The molecule has 0 rings (SSSR count). The molecular formula is C7H11NaO5S. The summed E-state index contributed by atoms with van der Waals surface area (Å²) >= 11 is 0. The van der Waals surface area contributed by atoms with Gasteiger partial charge in [-0.3, -0.25) is 4.18 Å². The molecule has 0 aliphatic carbocycles. The van der Waals surface area contributed by atoms with Crippen LogP contribution in [0, 0.1) is 0 Å². The summed E-state index contributed by atoms with van der Waals surface area (Å²) in [6.07, 6.45) is 0.539. The van der Waals surface area contributed by atoms with Gasteiger partial charge in [-0.1, -0.05) is 6.92 Å². The first-order valence-electron chi connectivity index (χ1n) is 3.68. The molecule has 0 aliphatic rings. The molecular weight excluding hydrogens is 219 g/mol. The number of hydrogen-bond acceptors (Lipinski definition) is 5. The SMILES string of the molecule is CCCOS(=O)(=O)C=C(C)C(=O)[O-].[Na+]. The molecule has 7 heteroatoms. The molecule has 0 amide bonds. The summed E-state index contributed by atoms with van der Waals surface area (Å²) in [5.41, 5.74) is -0.379. The minimum absolute atomic E-state index is 0. The molecule has 14 heavy (non-hydrogen) atoms. The average Bonchev–Trinajstić information content (AvgIpc) is 2.00. The average molecular weight is 230 g/mol. The van der Waals surface area contributed by atoms with Gasteiger partial charge in [0.1, 0.15) is 0 Å². The fourth-order valence-corrected chi connectivity index (χ4v) is 1.49. The van der Waals surface area contributed by atoms with Crippen molar-refractivity contribution in [3.05, 3.63) is 11.0 Å². The Balaban J connectivity index is 0. The van der Waals surface area contributed by atoms with Crippen molar-refractivity contribution in [2.24, 2.45) is 0 Å². The van der Waals surface area contributed by atoms with E-state index in [1.54, 1.807) is 6.92 Å². The standard InChI is InChI=1S/C7H12O5S.Na/c1-3-4-12-13(10,11)5-6(2)7(8)9;/h5H,3-4H2,1-2H3,(H,8,9);/q;+1/p-1. The molecule has 0 aromatic carbocycles. The Morgan fingerprint density at radius 2 is 2.00 bits per heavy atom. The summed E-state index contributed by atoms with van der Waals surface area (Å²) in [7, 11) is -3.87. The third kappa shape index (κ3) is 7.52. The van der Waals surface area contributed by atoms with Crippen LogP contribution >= 0.6 is 0 Å². The van der Waals surface area contributed by atoms with Crippen molar-refractivity contribution in [3.63, 3.8) is 0 Å². The summed E-state index contributed by atoms with van der Waals surface area (Å²) < 4.78 is 26.2. The van der Waals surface area contributed by atoms with Crippen LogP contribution in [0.2, 0.25) is 0 Å². The summed E-state index contributed by atoms with van der Waals surface area (Å²) in [6.45, 7) is 2.91. The zero-order chi connectivity index (χ0) is 10.5. The van der Waals surface area contributed by atoms with Gasteiger partial charge in [0.2, 0.25) is 0 Å². The van der Waals surface area contributed by atoms with Crippen molar-refractivity contribution in [1.82, 2.24) is 0 Å². The van der Waals surface area contributed by atoms with Crippen molar-refractivity contribution < 1.29 is 52.1 Å². The predicted molar refractivity (Wildman–Crippen MR) is 43.9 cm³/mol. The zero-order valence-corrected chi connectivity index (χ0v) is 11.3. The molecule has 5 nitrogen and oxygen atoms in total. The van der Waals surface area contributed by atoms with Crippen LogP contribution in [-0.4, -0.2) is 21.0 Å². The van der Waals surface area contributed by atoms with E-state index in [9.17, 15) is 18.3 Å². The molecule has 0 atom stereocenters. The van der Waals surface area contributed by atoms with Gasteiger partial charge in [0.05, 0.1) is 18.0 Å². The Morgan fingerprint density at radius 3 is 2.36 bits per heavy atom. The molecule has 0 aliphatic heterocycles. The van der Waals surface area contributed by atoms with Crippen molar-refractivity contribution in [3.8, 4) is 0 Å². The molecule has 0 saturated heterocycles. The molecule has 0 aromatic rings. The van der Waals surface area contributed by atoms with Crippen molar-refractivity contribution in [1.29, 1.82) is 0 Å². The quantitative estimate of drug-likeness (QED) is 0.277. The maximum absolute atomic E-state index is 10.9. The first kappa shape index (κ1) is 16.5. The van der Waals surface area contributed by atoms with Gasteiger partial charge in [-0.2, -0.15) is 8.42 Å². The second kappa shape index (κ2) is 7.42. The van der Waals surface area contributed by atoms with E-state index in [0.29, 0.717) is 11.8 Å². The van der Waals surface area contributed by atoms with Crippen molar-refractivity contribution in [2.75, 3.05) is 6.61 Å². The zero-order valence-electron chi connectivity index (χ0n) is 8.44. The Kier molecular flexibility index (Phi) is 8.77. The van der Waals surface area contributed by atoms with E-state index in [-0.39, 0.29) is 41.7 Å². The number of rotatable bonds is 5. The van der Waals surface area contributed by atoms with Crippen molar-refractivity contribution in [2.45, 2.75) is 20.3 Å². The van der Waals surface area contributed by atoms with Crippen LogP contribution in [0.1, 0.15) is 20.3 Å². The molecule has 0 N–H and O–H groups in total. The summed E-state index contributed by atoms with van der Waals surface area (Å²) in [5, 5.41) is 10.7. The predicted octanol–water partition coefficient (Wildman–Crippen LogP) is -3.60. The number of hydrogen-bond donors (Lipinski definition) is 0. The smallest absolute Gasteiger partial charge is 0.545 e. The number of aliphatic carboxylic acids is 1. The van der Waals surface area contributed by atoms with Crippen LogP contribution in [0.5, 0.6) is 0 Å². The molecule has 0 fully saturated rings. The maximum atomic E-state index is 10.9. The van der Waals surface area contributed by atoms with Gasteiger partial charge in [0.25, 0.3) is 10.1 Å². The fraction of sp³-hybridized carbons (Fsp3) is 0.571. The van der Waals surface area contributed by atoms with Gasteiger partial charge in [0, 0.05) is 0 Å². The van der Waals surface area contributed by atoms with Crippen LogP contribution in [0.15, 0.2) is 11.0 Å².